The summed E-state index contributed by atoms with van der Waals surface area (Å²) >= 11 is 5.06. The number of aryl methyl sites for hydroxylation is 1. The van der Waals surface area contributed by atoms with Crippen LogP contribution in [0.3, 0.4) is 0 Å². The highest BCUT2D eigenvalue weighted by Crippen LogP contribution is 2.10. The summed E-state index contributed by atoms with van der Waals surface area (Å²) in [5.74, 6) is 0. The van der Waals surface area contributed by atoms with Crippen LogP contribution in [0.15, 0.2) is 18.5 Å². The van der Waals surface area contributed by atoms with E-state index >= 15 is 0 Å². The molecule has 2 aromatic heterocycles. The Bertz CT molecular complexity index is 440. The number of aromatic nitrogens is 3. The molecule has 0 amide bonds. The van der Waals surface area contributed by atoms with Crippen molar-refractivity contribution in [3.63, 3.8) is 0 Å². The Balaban J connectivity index is 3.06. The van der Waals surface area contributed by atoms with Crippen molar-refractivity contribution in [2.75, 3.05) is 0 Å². The monoisotopic (exact) mass is 165 g/mol. The fraction of sp³-hybridized carbons (Fsp3) is 0.143. The summed E-state index contributed by atoms with van der Waals surface area (Å²) in [5, 5.41) is 5.09. The van der Waals surface area contributed by atoms with Crippen LogP contribution in [0.4, 0.5) is 0 Å². The van der Waals surface area contributed by atoms with E-state index in [-0.39, 0.29) is 0 Å². The molecule has 0 unspecified atom stereocenters. The molecule has 3 nitrogen and oxygen atoms in total. The molecule has 56 valence electrons. The minimum atomic E-state index is 0.746. The highest BCUT2D eigenvalue weighted by atomic mass is 32.1. The molecule has 0 aromatic carbocycles. The number of hydrogen-bond acceptors (Lipinski definition) is 2. The molecular weight excluding hydrogens is 158 g/mol. The molecule has 0 aliphatic heterocycles. The molecule has 11 heavy (non-hydrogen) atoms. The number of hydrogen-bond donors (Lipinski definition) is 1. The van der Waals surface area contributed by atoms with E-state index in [4.69, 9.17) is 12.2 Å². The molecule has 0 spiro atoms. The summed E-state index contributed by atoms with van der Waals surface area (Å²) in [4.78, 5) is 2.95. The smallest absolute Gasteiger partial charge is 0.114 e. The minimum Gasteiger partial charge on any atom is -0.352 e. The first-order chi connectivity index (χ1) is 5.29. The third-order valence-corrected chi connectivity index (χ3v) is 2.02. The summed E-state index contributed by atoms with van der Waals surface area (Å²) in [6.45, 7) is 0. The van der Waals surface area contributed by atoms with Crippen LogP contribution in [0.1, 0.15) is 0 Å². The van der Waals surface area contributed by atoms with Gasteiger partial charge in [-0.1, -0.05) is 12.2 Å². The fourth-order valence-electron chi connectivity index (χ4n) is 1.09. The van der Waals surface area contributed by atoms with Crippen molar-refractivity contribution in [1.29, 1.82) is 0 Å². The fourth-order valence-corrected chi connectivity index (χ4v) is 1.32. The van der Waals surface area contributed by atoms with Gasteiger partial charge in [-0.05, 0) is 6.07 Å². The number of pyridine rings is 1. The molecule has 0 bridgehead atoms. The van der Waals surface area contributed by atoms with Gasteiger partial charge < -0.3 is 4.98 Å². The third kappa shape index (κ3) is 0.867. The largest absolute Gasteiger partial charge is 0.352 e. The second-order valence-electron chi connectivity index (χ2n) is 2.37. The van der Waals surface area contributed by atoms with E-state index in [2.05, 4.69) is 10.1 Å². The zero-order chi connectivity index (χ0) is 7.84. The van der Waals surface area contributed by atoms with Gasteiger partial charge in [0, 0.05) is 13.2 Å². The Kier molecular flexibility index (Phi) is 1.29. The maximum atomic E-state index is 5.06. The number of nitrogens with one attached hydrogen (secondary N) is 1. The van der Waals surface area contributed by atoms with Crippen molar-refractivity contribution in [3.8, 4) is 0 Å². The molecule has 0 aliphatic carbocycles. The van der Waals surface area contributed by atoms with Gasteiger partial charge in [-0.3, -0.25) is 4.68 Å². The highest BCUT2D eigenvalue weighted by molar-refractivity contribution is 7.71. The average Bonchev–Trinajstić information content (AvgIpc) is 2.35. The van der Waals surface area contributed by atoms with Gasteiger partial charge in [-0.15, -0.1) is 0 Å². The van der Waals surface area contributed by atoms with E-state index in [1.165, 1.54) is 0 Å². The van der Waals surface area contributed by atoms with Gasteiger partial charge in [0.1, 0.15) is 4.64 Å². The van der Waals surface area contributed by atoms with Crippen LogP contribution in [0.25, 0.3) is 10.9 Å². The lowest BCUT2D eigenvalue weighted by atomic mass is 10.3. The number of nitrogens with zero attached hydrogens (tertiary/aromatic N) is 2. The maximum Gasteiger partial charge on any atom is 0.114 e. The molecule has 0 fully saturated rings. The number of H-pyrrole nitrogens is 1. The molecule has 2 heterocycles. The van der Waals surface area contributed by atoms with E-state index in [9.17, 15) is 0 Å². The molecule has 0 radical (unpaired) electrons. The predicted octanol–water partition coefficient (Wildman–Crippen LogP) is 1.63. The van der Waals surface area contributed by atoms with E-state index in [0.29, 0.717) is 0 Å². The molecule has 0 aliphatic rings. The van der Waals surface area contributed by atoms with Crippen LogP contribution in [0.2, 0.25) is 0 Å². The zero-order valence-corrected chi connectivity index (χ0v) is 6.85. The molecule has 1 N–H and O–H groups in total. The lowest BCUT2D eigenvalue weighted by molar-refractivity contribution is 0.797. The summed E-state index contributed by atoms with van der Waals surface area (Å²) in [7, 11) is 1.90. The van der Waals surface area contributed by atoms with Crippen LogP contribution in [-0.4, -0.2) is 14.8 Å². The van der Waals surface area contributed by atoms with Crippen LogP contribution >= 0.6 is 12.2 Å². The highest BCUT2D eigenvalue weighted by Gasteiger charge is 1.97. The normalized spacial score (nSPS) is 10.6. The summed E-state index contributed by atoms with van der Waals surface area (Å²) < 4.78 is 2.55. The molecule has 4 heteroatoms. The first-order valence-electron chi connectivity index (χ1n) is 3.28. The van der Waals surface area contributed by atoms with Gasteiger partial charge in [-0.2, -0.15) is 5.10 Å². The Morgan fingerprint density at radius 3 is 3.18 bits per heavy atom. The Hall–Kier alpha value is -1.16. The number of aromatic amines is 1. The van der Waals surface area contributed by atoms with Gasteiger partial charge in [0.2, 0.25) is 0 Å². The first kappa shape index (κ1) is 6.54. The minimum absolute atomic E-state index is 0.746. The van der Waals surface area contributed by atoms with Crippen molar-refractivity contribution >= 4 is 23.1 Å². The van der Waals surface area contributed by atoms with E-state index in [0.717, 1.165) is 15.5 Å². The Labute approximate surface area is 68.7 Å². The van der Waals surface area contributed by atoms with Crippen molar-refractivity contribution in [1.82, 2.24) is 14.8 Å². The molecular formula is C7H7N3S. The molecule has 2 rings (SSSR count). The third-order valence-electron chi connectivity index (χ3n) is 1.68. The Morgan fingerprint density at radius 1 is 1.64 bits per heavy atom. The number of fused-ring (bicyclic) bond motifs is 1. The quantitative estimate of drug-likeness (QED) is 0.602. The summed E-state index contributed by atoms with van der Waals surface area (Å²) in [6, 6.07) is 1.96. The van der Waals surface area contributed by atoms with Gasteiger partial charge in [0.25, 0.3) is 0 Å². The standard InChI is InChI=1S/C7H7N3S/c1-10-6-2-3-8-7(11)5(6)4-9-10/h2-4H,1H3,(H,8,11). The summed E-state index contributed by atoms with van der Waals surface area (Å²) in [6.07, 6.45) is 3.60. The van der Waals surface area contributed by atoms with Crippen molar-refractivity contribution in [2.24, 2.45) is 7.05 Å². The van der Waals surface area contributed by atoms with Crippen LogP contribution in [-0.2, 0) is 7.05 Å². The topological polar surface area (TPSA) is 33.6 Å². The second kappa shape index (κ2) is 2.17. The second-order valence-corrected chi connectivity index (χ2v) is 2.78. The molecule has 0 saturated heterocycles. The van der Waals surface area contributed by atoms with Crippen LogP contribution in [0, 0.1) is 4.64 Å². The molecule has 0 saturated carbocycles. The Morgan fingerprint density at radius 2 is 2.45 bits per heavy atom. The van der Waals surface area contributed by atoms with Gasteiger partial charge in [0.05, 0.1) is 17.1 Å². The summed E-state index contributed by atoms with van der Waals surface area (Å²) in [5.41, 5.74) is 1.06. The van der Waals surface area contributed by atoms with Crippen molar-refractivity contribution in [3.05, 3.63) is 23.1 Å². The van der Waals surface area contributed by atoms with E-state index < -0.39 is 0 Å². The SMILES string of the molecule is Cn1ncc2c(=S)[nH]ccc21. The van der Waals surface area contributed by atoms with Crippen molar-refractivity contribution < 1.29 is 0 Å². The lowest BCUT2D eigenvalue weighted by Gasteiger charge is -1.91. The van der Waals surface area contributed by atoms with Crippen LogP contribution in [0.5, 0.6) is 0 Å². The zero-order valence-electron chi connectivity index (χ0n) is 6.03. The van der Waals surface area contributed by atoms with Gasteiger partial charge in [-0.25, -0.2) is 0 Å². The number of rotatable bonds is 0. The lowest BCUT2D eigenvalue weighted by Crippen LogP contribution is -1.88. The van der Waals surface area contributed by atoms with Crippen LogP contribution < -0.4 is 0 Å². The first-order valence-corrected chi connectivity index (χ1v) is 3.69. The molecule has 2 aromatic rings. The maximum absolute atomic E-state index is 5.06. The van der Waals surface area contributed by atoms with Gasteiger partial charge >= 0.3 is 0 Å². The van der Waals surface area contributed by atoms with Gasteiger partial charge in [0.15, 0.2) is 0 Å². The average molecular weight is 165 g/mol. The predicted molar refractivity (Wildman–Crippen MR) is 45.9 cm³/mol. The molecule has 0 atom stereocenters. The van der Waals surface area contributed by atoms with E-state index in [1.54, 1.807) is 10.9 Å². The van der Waals surface area contributed by atoms with Crippen molar-refractivity contribution in [2.45, 2.75) is 0 Å². The van der Waals surface area contributed by atoms with E-state index in [1.807, 2.05) is 19.3 Å².